The molecule has 2 aromatic heterocycles. The molecule has 1 saturated heterocycles. The lowest BCUT2D eigenvalue weighted by Crippen LogP contribution is -2.41. The minimum atomic E-state index is 0.0953. The molecule has 1 aliphatic rings. The van der Waals surface area contributed by atoms with Crippen LogP contribution in [0.3, 0.4) is 0 Å². The number of rotatable bonds is 2. The van der Waals surface area contributed by atoms with Gasteiger partial charge >= 0.3 is 0 Å². The van der Waals surface area contributed by atoms with Crippen LogP contribution in [-0.2, 0) is 7.05 Å². The summed E-state index contributed by atoms with van der Waals surface area (Å²) in [7, 11) is 1.96. The summed E-state index contributed by atoms with van der Waals surface area (Å²) in [6, 6.07) is 10.3. The van der Waals surface area contributed by atoms with Crippen molar-refractivity contribution in [2.24, 2.45) is 7.05 Å². The molecule has 1 aliphatic heterocycles. The number of carbonyl (C=O) groups excluding carboxylic acids is 1. The third-order valence-electron chi connectivity index (χ3n) is 5.11. The lowest BCUT2D eigenvalue weighted by Gasteiger charge is -2.33. The van der Waals surface area contributed by atoms with E-state index in [0.29, 0.717) is 6.54 Å². The zero-order valence-corrected chi connectivity index (χ0v) is 14.9. The van der Waals surface area contributed by atoms with Gasteiger partial charge in [-0.15, -0.1) is 0 Å². The van der Waals surface area contributed by atoms with Crippen LogP contribution >= 0.6 is 0 Å². The van der Waals surface area contributed by atoms with Gasteiger partial charge in [-0.25, -0.2) is 9.67 Å². The predicted molar refractivity (Wildman–Crippen MR) is 96.6 cm³/mol. The molecule has 1 aromatic carbocycles. The molecule has 4 rings (SSSR count). The second kappa shape index (κ2) is 6.02. The molecule has 0 bridgehead atoms. The van der Waals surface area contributed by atoms with Crippen LogP contribution < -0.4 is 0 Å². The number of nitrogens with zero attached hydrogens (tertiary/aromatic N) is 5. The van der Waals surface area contributed by atoms with Gasteiger partial charge in [0.05, 0.1) is 6.04 Å². The molecular weight excluding hydrogens is 314 g/mol. The molecule has 0 N–H and O–H groups in total. The standard InChI is InChI=1S/C19H23N5O/c1-13-20-14(2)24(21-13)16-8-6-10-23(12-16)19(25)18-11-15-7-4-5-9-17(15)22(18)3/h4-5,7,9,11,16H,6,8,10,12H2,1-3H3. The van der Waals surface area contributed by atoms with E-state index in [1.807, 2.05) is 65.4 Å². The molecule has 3 heterocycles. The minimum Gasteiger partial charge on any atom is -0.340 e. The highest BCUT2D eigenvalue weighted by molar-refractivity contribution is 5.98. The third-order valence-corrected chi connectivity index (χ3v) is 5.11. The number of likely N-dealkylation sites (tertiary alicyclic amines) is 1. The van der Waals surface area contributed by atoms with Gasteiger partial charge < -0.3 is 9.47 Å². The molecule has 0 radical (unpaired) electrons. The normalized spacial score (nSPS) is 18.0. The number of amides is 1. The van der Waals surface area contributed by atoms with Gasteiger partial charge in [-0.2, -0.15) is 5.10 Å². The highest BCUT2D eigenvalue weighted by Gasteiger charge is 2.28. The molecule has 6 nitrogen and oxygen atoms in total. The first kappa shape index (κ1) is 15.9. The molecule has 3 aromatic rings. The van der Waals surface area contributed by atoms with E-state index in [-0.39, 0.29) is 11.9 Å². The van der Waals surface area contributed by atoms with Gasteiger partial charge in [-0.3, -0.25) is 4.79 Å². The molecule has 1 fully saturated rings. The number of aromatic nitrogens is 4. The van der Waals surface area contributed by atoms with Crippen molar-refractivity contribution in [3.8, 4) is 0 Å². The molecule has 0 aliphatic carbocycles. The number of benzene rings is 1. The van der Waals surface area contributed by atoms with Crippen LogP contribution in [0.15, 0.2) is 30.3 Å². The molecule has 6 heteroatoms. The number of fused-ring (bicyclic) bond motifs is 1. The summed E-state index contributed by atoms with van der Waals surface area (Å²) in [5.41, 5.74) is 1.83. The molecule has 1 unspecified atom stereocenters. The summed E-state index contributed by atoms with van der Waals surface area (Å²) in [4.78, 5) is 19.5. The van der Waals surface area contributed by atoms with Crippen LogP contribution in [0.25, 0.3) is 10.9 Å². The molecular formula is C19H23N5O. The average molecular weight is 337 g/mol. The van der Waals surface area contributed by atoms with Crippen molar-refractivity contribution in [3.63, 3.8) is 0 Å². The van der Waals surface area contributed by atoms with Crippen molar-refractivity contribution in [2.75, 3.05) is 13.1 Å². The van der Waals surface area contributed by atoms with E-state index in [1.165, 1.54) is 0 Å². The zero-order valence-electron chi connectivity index (χ0n) is 14.9. The van der Waals surface area contributed by atoms with Crippen LogP contribution in [0.4, 0.5) is 0 Å². The maximum Gasteiger partial charge on any atom is 0.270 e. The second-order valence-electron chi connectivity index (χ2n) is 6.85. The van der Waals surface area contributed by atoms with Crippen LogP contribution in [0.1, 0.15) is 41.0 Å². The van der Waals surface area contributed by atoms with Crippen molar-refractivity contribution in [2.45, 2.75) is 32.7 Å². The monoisotopic (exact) mass is 337 g/mol. The van der Waals surface area contributed by atoms with Crippen LogP contribution in [0.5, 0.6) is 0 Å². The molecule has 130 valence electrons. The van der Waals surface area contributed by atoms with E-state index in [2.05, 4.69) is 10.1 Å². The number of hydrogen-bond donors (Lipinski definition) is 0. The summed E-state index contributed by atoms with van der Waals surface area (Å²) >= 11 is 0. The van der Waals surface area contributed by atoms with Gasteiger partial charge in [0.25, 0.3) is 5.91 Å². The average Bonchev–Trinajstić information content (AvgIpc) is 3.14. The highest BCUT2D eigenvalue weighted by Crippen LogP contribution is 2.25. The molecule has 1 atom stereocenters. The Morgan fingerprint density at radius 1 is 1.24 bits per heavy atom. The van der Waals surface area contributed by atoms with E-state index in [0.717, 1.165) is 47.6 Å². The number of carbonyl (C=O) groups is 1. The van der Waals surface area contributed by atoms with Crippen molar-refractivity contribution in [1.29, 1.82) is 0 Å². The zero-order chi connectivity index (χ0) is 17.6. The molecule has 1 amide bonds. The van der Waals surface area contributed by atoms with Crippen molar-refractivity contribution in [3.05, 3.63) is 47.7 Å². The Morgan fingerprint density at radius 2 is 2.04 bits per heavy atom. The Kier molecular flexibility index (Phi) is 3.82. The van der Waals surface area contributed by atoms with Crippen molar-refractivity contribution >= 4 is 16.8 Å². The number of hydrogen-bond acceptors (Lipinski definition) is 3. The molecule has 25 heavy (non-hydrogen) atoms. The summed E-state index contributed by atoms with van der Waals surface area (Å²) in [6.07, 6.45) is 2.02. The van der Waals surface area contributed by atoms with E-state index in [1.54, 1.807) is 0 Å². The second-order valence-corrected chi connectivity index (χ2v) is 6.85. The van der Waals surface area contributed by atoms with E-state index in [4.69, 9.17) is 0 Å². The number of aryl methyl sites for hydroxylation is 3. The van der Waals surface area contributed by atoms with Gasteiger partial charge in [-0.1, -0.05) is 18.2 Å². The van der Waals surface area contributed by atoms with E-state index in [9.17, 15) is 4.79 Å². The Balaban J connectivity index is 1.61. The highest BCUT2D eigenvalue weighted by atomic mass is 16.2. The molecule has 0 saturated carbocycles. The van der Waals surface area contributed by atoms with Crippen LogP contribution in [0.2, 0.25) is 0 Å². The van der Waals surface area contributed by atoms with Gasteiger partial charge in [0.2, 0.25) is 0 Å². The predicted octanol–water partition coefficient (Wildman–Crippen LogP) is 2.86. The SMILES string of the molecule is Cc1nc(C)n(C2CCCN(C(=O)c3cc4ccccc4n3C)C2)n1. The summed E-state index contributed by atoms with van der Waals surface area (Å²) in [5, 5.41) is 5.62. The fourth-order valence-electron chi connectivity index (χ4n) is 3.88. The van der Waals surface area contributed by atoms with Crippen LogP contribution in [0, 0.1) is 13.8 Å². The quantitative estimate of drug-likeness (QED) is 0.722. The van der Waals surface area contributed by atoms with Gasteiger partial charge in [0.1, 0.15) is 17.3 Å². The molecule has 0 spiro atoms. The van der Waals surface area contributed by atoms with Crippen LogP contribution in [-0.4, -0.2) is 43.2 Å². The topological polar surface area (TPSA) is 56.0 Å². The summed E-state index contributed by atoms with van der Waals surface area (Å²) in [5.74, 6) is 1.80. The maximum atomic E-state index is 13.1. The lowest BCUT2D eigenvalue weighted by atomic mass is 10.1. The van der Waals surface area contributed by atoms with E-state index < -0.39 is 0 Å². The minimum absolute atomic E-state index is 0.0953. The Labute approximate surface area is 147 Å². The summed E-state index contributed by atoms with van der Waals surface area (Å²) in [6.45, 7) is 5.36. The third kappa shape index (κ3) is 2.71. The first-order valence-corrected chi connectivity index (χ1v) is 8.78. The fourth-order valence-corrected chi connectivity index (χ4v) is 3.88. The van der Waals surface area contributed by atoms with Gasteiger partial charge in [0.15, 0.2) is 0 Å². The maximum absolute atomic E-state index is 13.1. The first-order valence-electron chi connectivity index (χ1n) is 8.78. The Bertz CT molecular complexity index is 939. The summed E-state index contributed by atoms with van der Waals surface area (Å²) < 4.78 is 3.97. The van der Waals surface area contributed by atoms with Gasteiger partial charge in [0, 0.05) is 31.0 Å². The van der Waals surface area contributed by atoms with Crippen molar-refractivity contribution < 1.29 is 4.79 Å². The Hall–Kier alpha value is -2.63. The Morgan fingerprint density at radius 3 is 2.76 bits per heavy atom. The van der Waals surface area contributed by atoms with Gasteiger partial charge in [-0.05, 0) is 38.8 Å². The smallest absolute Gasteiger partial charge is 0.270 e. The first-order chi connectivity index (χ1) is 12.0. The number of piperidine rings is 1. The van der Waals surface area contributed by atoms with E-state index >= 15 is 0 Å². The fraction of sp³-hybridized carbons (Fsp3) is 0.421. The lowest BCUT2D eigenvalue weighted by molar-refractivity contribution is 0.0662. The van der Waals surface area contributed by atoms with Crippen molar-refractivity contribution in [1.82, 2.24) is 24.2 Å². The largest absolute Gasteiger partial charge is 0.340 e. The number of para-hydroxylation sites is 1.